The van der Waals surface area contributed by atoms with Crippen LogP contribution in [0.5, 0.6) is 5.75 Å². The molecule has 112 valence electrons. The molecule has 0 amide bonds. The highest BCUT2D eigenvalue weighted by molar-refractivity contribution is 6.32. The van der Waals surface area contributed by atoms with Crippen LogP contribution in [0.3, 0.4) is 0 Å². The Bertz CT molecular complexity index is 440. The van der Waals surface area contributed by atoms with Crippen molar-refractivity contribution >= 4 is 11.6 Å². The zero-order valence-electron chi connectivity index (χ0n) is 12.1. The van der Waals surface area contributed by atoms with Gasteiger partial charge in [0, 0.05) is 26.2 Å². The molecule has 20 heavy (non-hydrogen) atoms. The topological polar surface area (TPSA) is 47.7 Å². The fourth-order valence-electron chi connectivity index (χ4n) is 2.32. The van der Waals surface area contributed by atoms with Gasteiger partial charge in [-0.2, -0.15) is 0 Å². The van der Waals surface area contributed by atoms with Crippen LogP contribution in [0.4, 0.5) is 0 Å². The first-order valence-electron chi connectivity index (χ1n) is 7.07. The number of ether oxygens (including phenoxy) is 2. The van der Waals surface area contributed by atoms with Crippen LogP contribution in [0.2, 0.25) is 5.02 Å². The van der Waals surface area contributed by atoms with Crippen LogP contribution in [-0.2, 0) is 11.3 Å². The SMILES string of the molecule is CC(C)Oc1ccc(CN2CCOC(CN)C2)cc1Cl. The lowest BCUT2D eigenvalue weighted by molar-refractivity contribution is -0.0260. The number of benzene rings is 1. The first kappa shape index (κ1) is 15.6. The van der Waals surface area contributed by atoms with Gasteiger partial charge in [-0.05, 0) is 31.5 Å². The van der Waals surface area contributed by atoms with Crippen molar-refractivity contribution in [3.8, 4) is 5.75 Å². The Morgan fingerprint density at radius 3 is 2.95 bits per heavy atom. The maximum atomic E-state index is 6.26. The lowest BCUT2D eigenvalue weighted by Crippen LogP contribution is -2.45. The predicted octanol–water partition coefficient (Wildman–Crippen LogP) is 2.29. The van der Waals surface area contributed by atoms with Crippen molar-refractivity contribution in [1.29, 1.82) is 0 Å². The molecule has 0 aromatic heterocycles. The summed E-state index contributed by atoms with van der Waals surface area (Å²) in [5.74, 6) is 0.743. The van der Waals surface area contributed by atoms with Crippen molar-refractivity contribution in [2.75, 3.05) is 26.2 Å². The number of hydrogen-bond donors (Lipinski definition) is 1. The number of nitrogens with two attached hydrogens (primary N) is 1. The molecule has 2 N–H and O–H groups in total. The Balaban J connectivity index is 1.97. The van der Waals surface area contributed by atoms with Crippen molar-refractivity contribution in [2.45, 2.75) is 32.6 Å². The van der Waals surface area contributed by atoms with Gasteiger partial charge in [0.2, 0.25) is 0 Å². The quantitative estimate of drug-likeness (QED) is 0.906. The fourth-order valence-corrected chi connectivity index (χ4v) is 2.56. The average Bonchev–Trinajstić information content (AvgIpc) is 2.42. The van der Waals surface area contributed by atoms with Gasteiger partial charge >= 0.3 is 0 Å². The van der Waals surface area contributed by atoms with Gasteiger partial charge in [-0.25, -0.2) is 0 Å². The molecule has 1 atom stereocenters. The Morgan fingerprint density at radius 2 is 2.30 bits per heavy atom. The first-order chi connectivity index (χ1) is 9.58. The minimum Gasteiger partial charge on any atom is -0.489 e. The van der Waals surface area contributed by atoms with Gasteiger partial charge in [-0.3, -0.25) is 4.90 Å². The summed E-state index contributed by atoms with van der Waals surface area (Å²) >= 11 is 6.26. The number of rotatable bonds is 5. The van der Waals surface area contributed by atoms with Crippen LogP contribution < -0.4 is 10.5 Å². The average molecular weight is 299 g/mol. The highest BCUT2D eigenvalue weighted by Gasteiger charge is 2.19. The number of morpholine rings is 1. The lowest BCUT2D eigenvalue weighted by Gasteiger charge is -2.32. The van der Waals surface area contributed by atoms with Gasteiger partial charge in [-0.1, -0.05) is 17.7 Å². The van der Waals surface area contributed by atoms with Crippen LogP contribution in [0.15, 0.2) is 18.2 Å². The van der Waals surface area contributed by atoms with Crippen molar-refractivity contribution in [2.24, 2.45) is 5.73 Å². The van der Waals surface area contributed by atoms with E-state index in [1.165, 1.54) is 5.56 Å². The highest BCUT2D eigenvalue weighted by Crippen LogP contribution is 2.27. The van der Waals surface area contributed by atoms with E-state index in [1.807, 2.05) is 26.0 Å². The molecule has 1 aliphatic heterocycles. The molecule has 1 aliphatic rings. The first-order valence-corrected chi connectivity index (χ1v) is 7.45. The monoisotopic (exact) mass is 298 g/mol. The van der Waals surface area contributed by atoms with Gasteiger partial charge in [-0.15, -0.1) is 0 Å². The van der Waals surface area contributed by atoms with E-state index >= 15 is 0 Å². The van der Waals surface area contributed by atoms with Gasteiger partial charge in [0.05, 0.1) is 23.8 Å². The third kappa shape index (κ3) is 4.35. The van der Waals surface area contributed by atoms with E-state index < -0.39 is 0 Å². The van der Waals surface area contributed by atoms with Gasteiger partial charge in [0.15, 0.2) is 0 Å². The number of halogens is 1. The maximum Gasteiger partial charge on any atom is 0.138 e. The molecule has 0 aliphatic carbocycles. The molecule has 1 fully saturated rings. The predicted molar refractivity (Wildman–Crippen MR) is 81.3 cm³/mol. The van der Waals surface area contributed by atoms with Gasteiger partial charge in [0.1, 0.15) is 5.75 Å². The zero-order valence-corrected chi connectivity index (χ0v) is 12.9. The molecule has 0 saturated carbocycles. The molecule has 0 bridgehead atoms. The minimum atomic E-state index is 0.128. The molecular weight excluding hydrogens is 276 g/mol. The summed E-state index contributed by atoms with van der Waals surface area (Å²) in [7, 11) is 0. The Labute approximate surface area is 125 Å². The van der Waals surface area contributed by atoms with Crippen LogP contribution in [0.1, 0.15) is 19.4 Å². The van der Waals surface area contributed by atoms with Crippen molar-refractivity contribution < 1.29 is 9.47 Å². The van der Waals surface area contributed by atoms with E-state index in [0.29, 0.717) is 11.6 Å². The van der Waals surface area contributed by atoms with Crippen LogP contribution in [0.25, 0.3) is 0 Å². The third-order valence-corrected chi connectivity index (χ3v) is 3.55. The summed E-state index contributed by atoms with van der Waals surface area (Å²) < 4.78 is 11.2. The molecule has 1 aromatic rings. The molecule has 0 radical (unpaired) electrons. The molecule has 0 spiro atoms. The standard InChI is InChI=1S/C15H23ClN2O2/c1-11(2)20-15-4-3-12(7-14(15)16)9-18-5-6-19-13(8-17)10-18/h3-4,7,11,13H,5-6,8-10,17H2,1-2H3. The molecule has 2 rings (SSSR count). The van der Waals surface area contributed by atoms with E-state index in [2.05, 4.69) is 11.0 Å². The van der Waals surface area contributed by atoms with Crippen LogP contribution in [-0.4, -0.2) is 43.3 Å². The summed E-state index contributed by atoms with van der Waals surface area (Å²) in [5.41, 5.74) is 6.84. The second-order valence-electron chi connectivity index (χ2n) is 5.39. The summed E-state index contributed by atoms with van der Waals surface area (Å²) in [6, 6.07) is 5.99. The van der Waals surface area contributed by atoms with E-state index in [-0.39, 0.29) is 12.2 Å². The van der Waals surface area contributed by atoms with Gasteiger partial charge < -0.3 is 15.2 Å². The Hall–Kier alpha value is -0.810. The van der Waals surface area contributed by atoms with Crippen molar-refractivity contribution in [3.63, 3.8) is 0 Å². The molecular formula is C15H23ClN2O2. The molecule has 1 saturated heterocycles. The molecule has 1 heterocycles. The maximum absolute atomic E-state index is 6.26. The van der Waals surface area contributed by atoms with Crippen molar-refractivity contribution in [3.05, 3.63) is 28.8 Å². The van der Waals surface area contributed by atoms with E-state index in [0.717, 1.165) is 32.0 Å². The van der Waals surface area contributed by atoms with E-state index in [9.17, 15) is 0 Å². The van der Waals surface area contributed by atoms with Gasteiger partial charge in [0.25, 0.3) is 0 Å². The summed E-state index contributed by atoms with van der Waals surface area (Å²) in [6.07, 6.45) is 0.269. The summed E-state index contributed by atoms with van der Waals surface area (Å²) in [5, 5.41) is 0.667. The molecule has 1 unspecified atom stereocenters. The fraction of sp³-hybridized carbons (Fsp3) is 0.600. The highest BCUT2D eigenvalue weighted by atomic mass is 35.5. The van der Waals surface area contributed by atoms with Crippen LogP contribution >= 0.6 is 11.6 Å². The van der Waals surface area contributed by atoms with E-state index in [1.54, 1.807) is 0 Å². The summed E-state index contributed by atoms with van der Waals surface area (Å²) in [6.45, 7) is 7.96. The molecule has 1 aromatic carbocycles. The third-order valence-electron chi connectivity index (χ3n) is 3.25. The van der Waals surface area contributed by atoms with E-state index in [4.69, 9.17) is 26.8 Å². The second-order valence-corrected chi connectivity index (χ2v) is 5.80. The Kier molecular flexibility index (Phi) is 5.66. The Morgan fingerprint density at radius 1 is 1.50 bits per heavy atom. The smallest absolute Gasteiger partial charge is 0.138 e. The lowest BCUT2D eigenvalue weighted by atomic mass is 10.1. The van der Waals surface area contributed by atoms with Crippen molar-refractivity contribution in [1.82, 2.24) is 4.90 Å². The minimum absolute atomic E-state index is 0.128. The molecule has 5 heteroatoms. The van der Waals surface area contributed by atoms with Crippen LogP contribution in [0, 0.1) is 0 Å². The number of hydrogen-bond acceptors (Lipinski definition) is 4. The zero-order chi connectivity index (χ0) is 14.5. The number of nitrogens with zero attached hydrogens (tertiary/aromatic N) is 1. The summed E-state index contributed by atoms with van der Waals surface area (Å²) in [4.78, 5) is 2.34. The normalized spacial score (nSPS) is 20.4. The second kappa shape index (κ2) is 7.27. The molecule has 4 nitrogen and oxygen atoms in total. The largest absolute Gasteiger partial charge is 0.489 e.